The molecule has 1 unspecified atom stereocenters. The van der Waals surface area contributed by atoms with Crippen molar-refractivity contribution in [1.82, 2.24) is 29.6 Å². The number of fused-ring (bicyclic) bond motifs is 2. The first-order chi connectivity index (χ1) is 13.3. The number of aromatic nitrogens is 5. The van der Waals surface area contributed by atoms with Crippen molar-refractivity contribution in [2.75, 3.05) is 6.54 Å². The maximum atomic E-state index is 6.07. The van der Waals surface area contributed by atoms with E-state index in [9.17, 15) is 0 Å². The molecule has 0 radical (unpaired) electrons. The molecule has 0 spiro atoms. The number of hydrogen-bond donors (Lipinski definition) is 1. The van der Waals surface area contributed by atoms with E-state index >= 15 is 0 Å². The molecule has 5 rings (SSSR count). The first kappa shape index (κ1) is 16.0. The van der Waals surface area contributed by atoms with Crippen molar-refractivity contribution in [1.29, 1.82) is 0 Å². The maximum Gasteiger partial charge on any atom is 0.316 e. The Bertz CT molecular complexity index is 1040. The van der Waals surface area contributed by atoms with Crippen LogP contribution in [0.2, 0.25) is 0 Å². The molecular formula is C20H20N6O. The highest BCUT2D eigenvalue weighted by Crippen LogP contribution is 2.22. The van der Waals surface area contributed by atoms with Gasteiger partial charge in [0.2, 0.25) is 0 Å². The minimum atomic E-state index is -0.0704. The predicted molar refractivity (Wildman–Crippen MR) is 101 cm³/mol. The number of hydrogen-bond acceptors (Lipinski definition) is 5. The lowest BCUT2D eigenvalue weighted by Crippen LogP contribution is -2.35. The van der Waals surface area contributed by atoms with Crippen molar-refractivity contribution in [2.45, 2.75) is 25.7 Å². The standard InChI is InChI=1S/C20H20N6O/c1-3-15(18-6-9-21-19(18)4-1)11-25-12-16-5-10-24-26(16)14-17(13-25)27-20-22-7-2-8-23-20/h1-10,17,21H,11-14H2. The third-order valence-corrected chi connectivity index (χ3v) is 4.92. The van der Waals surface area contributed by atoms with Gasteiger partial charge in [-0.2, -0.15) is 5.10 Å². The highest BCUT2D eigenvalue weighted by Gasteiger charge is 2.24. The summed E-state index contributed by atoms with van der Waals surface area (Å²) in [7, 11) is 0. The predicted octanol–water partition coefficient (Wildman–Crippen LogP) is 2.62. The Kier molecular flexibility index (Phi) is 4.06. The Labute approximate surface area is 156 Å². The summed E-state index contributed by atoms with van der Waals surface area (Å²) in [6, 6.07) is 12.8. The van der Waals surface area contributed by atoms with E-state index in [0.29, 0.717) is 12.6 Å². The molecule has 7 heteroatoms. The molecule has 1 aromatic carbocycles. The Morgan fingerprint density at radius 3 is 2.89 bits per heavy atom. The van der Waals surface area contributed by atoms with Crippen molar-refractivity contribution in [2.24, 2.45) is 0 Å². The molecule has 4 heterocycles. The summed E-state index contributed by atoms with van der Waals surface area (Å²) in [5, 5.41) is 5.72. The van der Waals surface area contributed by atoms with E-state index in [4.69, 9.17) is 4.74 Å². The lowest BCUT2D eigenvalue weighted by Gasteiger charge is -2.24. The van der Waals surface area contributed by atoms with Crippen molar-refractivity contribution >= 4 is 10.9 Å². The van der Waals surface area contributed by atoms with Crippen LogP contribution in [0.4, 0.5) is 0 Å². The summed E-state index contributed by atoms with van der Waals surface area (Å²) < 4.78 is 8.09. The van der Waals surface area contributed by atoms with Crippen molar-refractivity contribution < 1.29 is 4.74 Å². The fourth-order valence-electron chi connectivity index (χ4n) is 3.71. The van der Waals surface area contributed by atoms with Gasteiger partial charge >= 0.3 is 6.01 Å². The third-order valence-electron chi connectivity index (χ3n) is 4.92. The molecule has 0 saturated carbocycles. The summed E-state index contributed by atoms with van der Waals surface area (Å²) in [4.78, 5) is 14.1. The molecule has 0 saturated heterocycles. The number of benzene rings is 1. The van der Waals surface area contributed by atoms with Gasteiger partial charge in [-0.3, -0.25) is 9.58 Å². The smallest absolute Gasteiger partial charge is 0.316 e. The molecule has 27 heavy (non-hydrogen) atoms. The SMILES string of the molecule is c1cnc(OC2CN(Cc3cccc4[nH]ccc34)Cc3ccnn3C2)nc1. The molecule has 4 aromatic rings. The molecule has 1 aliphatic rings. The molecule has 1 atom stereocenters. The zero-order valence-electron chi connectivity index (χ0n) is 14.8. The lowest BCUT2D eigenvalue weighted by atomic mass is 10.1. The average Bonchev–Trinajstić information content (AvgIpc) is 3.30. The average molecular weight is 360 g/mol. The zero-order chi connectivity index (χ0) is 18.1. The minimum absolute atomic E-state index is 0.0704. The highest BCUT2D eigenvalue weighted by molar-refractivity contribution is 5.82. The van der Waals surface area contributed by atoms with Crippen LogP contribution in [0.5, 0.6) is 6.01 Å². The van der Waals surface area contributed by atoms with Crippen LogP contribution < -0.4 is 4.74 Å². The van der Waals surface area contributed by atoms with Gasteiger partial charge in [-0.25, -0.2) is 9.97 Å². The monoisotopic (exact) mass is 360 g/mol. The number of nitrogens with zero attached hydrogens (tertiary/aromatic N) is 5. The summed E-state index contributed by atoms with van der Waals surface area (Å²) in [6.07, 6.45) is 7.16. The minimum Gasteiger partial charge on any atom is -0.457 e. The molecule has 136 valence electrons. The van der Waals surface area contributed by atoms with Crippen molar-refractivity contribution in [3.05, 3.63) is 72.4 Å². The second-order valence-corrected chi connectivity index (χ2v) is 6.80. The summed E-state index contributed by atoms with van der Waals surface area (Å²) in [5.74, 6) is 0. The number of rotatable bonds is 4. The number of H-pyrrole nitrogens is 1. The van der Waals surface area contributed by atoms with Crippen LogP contribution in [0.3, 0.4) is 0 Å². The third kappa shape index (κ3) is 3.29. The van der Waals surface area contributed by atoms with E-state index in [2.05, 4.69) is 55.3 Å². The Morgan fingerprint density at radius 1 is 1.04 bits per heavy atom. The van der Waals surface area contributed by atoms with Gasteiger partial charge < -0.3 is 9.72 Å². The van der Waals surface area contributed by atoms with Crippen LogP contribution in [0.25, 0.3) is 10.9 Å². The molecule has 1 N–H and O–H groups in total. The van der Waals surface area contributed by atoms with Gasteiger partial charge in [0.1, 0.15) is 6.10 Å². The fourth-order valence-corrected chi connectivity index (χ4v) is 3.71. The van der Waals surface area contributed by atoms with E-state index in [0.717, 1.165) is 25.2 Å². The van der Waals surface area contributed by atoms with Crippen LogP contribution in [-0.2, 0) is 19.6 Å². The molecule has 0 bridgehead atoms. The van der Waals surface area contributed by atoms with Crippen molar-refractivity contribution in [3.63, 3.8) is 0 Å². The van der Waals surface area contributed by atoms with Gasteiger partial charge in [-0.1, -0.05) is 12.1 Å². The lowest BCUT2D eigenvalue weighted by molar-refractivity contribution is 0.113. The maximum absolute atomic E-state index is 6.07. The molecule has 0 fully saturated rings. The largest absolute Gasteiger partial charge is 0.457 e. The van der Waals surface area contributed by atoms with Gasteiger partial charge in [0.25, 0.3) is 0 Å². The van der Waals surface area contributed by atoms with Crippen LogP contribution in [0, 0.1) is 0 Å². The molecule has 7 nitrogen and oxygen atoms in total. The van der Waals surface area contributed by atoms with Crippen LogP contribution in [0.15, 0.2) is 61.2 Å². The van der Waals surface area contributed by atoms with Crippen LogP contribution >= 0.6 is 0 Å². The summed E-state index contributed by atoms with van der Waals surface area (Å²) in [5.41, 5.74) is 3.66. The van der Waals surface area contributed by atoms with Crippen LogP contribution in [-0.4, -0.2) is 42.3 Å². The number of nitrogens with one attached hydrogen (secondary N) is 1. The second-order valence-electron chi connectivity index (χ2n) is 6.80. The van der Waals surface area contributed by atoms with Gasteiger partial charge in [-0.05, 0) is 29.8 Å². The van der Waals surface area contributed by atoms with Gasteiger partial charge in [-0.15, -0.1) is 0 Å². The molecular weight excluding hydrogens is 340 g/mol. The molecule has 0 aliphatic carbocycles. The van der Waals surface area contributed by atoms with E-state index in [1.165, 1.54) is 16.6 Å². The van der Waals surface area contributed by atoms with Gasteiger partial charge in [0.15, 0.2) is 0 Å². The number of aromatic amines is 1. The highest BCUT2D eigenvalue weighted by atomic mass is 16.5. The Hall–Kier alpha value is -3.19. The van der Waals surface area contributed by atoms with E-state index < -0.39 is 0 Å². The topological polar surface area (TPSA) is 71.9 Å². The molecule has 3 aromatic heterocycles. The zero-order valence-corrected chi connectivity index (χ0v) is 14.8. The van der Waals surface area contributed by atoms with Crippen molar-refractivity contribution in [3.8, 4) is 6.01 Å². The van der Waals surface area contributed by atoms with E-state index in [-0.39, 0.29) is 6.10 Å². The number of ether oxygens (including phenoxy) is 1. The first-order valence-electron chi connectivity index (χ1n) is 9.07. The second kappa shape index (κ2) is 6.85. The normalized spacial score (nSPS) is 17.6. The molecule has 1 aliphatic heterocycles. The van der Waals surface area contributed by atoms with E-state index in [1.54, 1.807) is 18.5 Å². The summed E-state index contributed by atoms with van der Waals surface area (Å²) >= 11 is 0. The van der Waals surface area contributed by atoms with Gasteiger partial charge in [0, 0.05) is 55.3 Å². The Morgan fingerprint density at radius 2 is 1.96 bits per heavy atom. The first-order valence-corrected chi connectivity index (χ1v) is 9.07. The fraction of sp³-hybridized carbons (Fsp3) is 0.250. The summed E-state index contributed by atoms with van der Waals surface area (Å²) in [6.45, 7) is 3.14. The van der Waals surface area contributed by atoms with E-state index in [1.807, 2.05) is 17.1 Å². The quantitative estimate of drug-likeness (QED) is 0.606. The molecule has 0 amide bonds. The van der Waals surface area contributed by atoms with Gasteiger partial charge in [0.05, 0.1) is 12.2 Å². The van der Waals surface area contributed by atoms with Crippen LogP contribution in [0.1, 0.15) is 11.3 Å². The Balaban J connectivity index is 1.42.